The maximum Gasteiger partial charge on any atom is 0.243 e. The van der Waals surface area contributed by atoms with Gasteiger partial charge in [-0.3, -0.25) is 0 Å². The van der Waals surface area contributed by atoms with Crippen molar-refractivity contribution in [2.75, 3.05) is 7.11 Å². The van der Waals surface area contributed by atoms with Gasteiger partial charge in [-0.15, -0.1) is 0 Å². The molecule has 29 heavy (non-hydrogen) atoms. The van der Waals surface area contributed by atoms with E-state index >= 15 is 0 Å². The molecule has 1 aliphatic carbocycles. The Morgan fingerprint density at radius 2 is 1.72 bits per heavy atom. The van der Waals surface area contributed by atoms with Crippen molar-refractivity contribution in [1.29, 1.82) is 0 Å². The number of hydrogen-bond acceptors (Lipinski definition) is 4. The van der Waals surface area contributed by atoms with E-state index in [4.69, 9.17) is 9.47 Å². The van der Waals surface area contributed by atoms with Gasteiger partial charge < -0.3 is 9.47 Å². The van der Waals surface area contributed by atoms with Crippen molar-refractivity contribution in [3.63, 3.8) is 0 Å². The van der Waals surface area contributed by atoms with Gasteiger partial charge in [0.25, 0.3) is 0 Å². The van der Waals surface area contributed by atoms with Crippen LogP contribution in [0.3, 0.4) is 0 Å². The Morgan fingerprint density at radius 3 is 2.31 bits per heavy atom. The number of methoxy groups -OCH3 is 1. The fourth-order valence-electron chi connectivity index (χ4n) is 3.69. The molecule has 0 aliphatic heterocycles. The van der Waals surface area contributed by atoms with E-state index in [-0.39, 0.29) is 23.6 Å². The topological polar surface area (TPSA) is 55.8 Å². The van der Waals surface area contributed by atoms with E-state index in [9.17, 15) is 12.8 Å². The third kappa shape index (κ3) is 5.08. The van der Waals surface area contributed by atoms with Gasteiger partial charge >= 0.3 is 0 Å². The molecule has 0 N–H and O–H groups in total. The molecule has 2 aromatic carbocycles. The number of hydrogen-bond donors (Lipinski definition) is 0. The fraction of sp³-hybridized carbons (Fsp3) is 0.455. The van der Waals surface area contributed by atoms with Gasteiger partial charge in [0.15, 0.2) is 11.5 Å². The molecule has 0 amide bonds. The molecule has 0 atom stereocenters. The molecule has 0 spiro atoms. The van der Waals surface area contributed by atoms with Crippen LogP contribution in [0.4, 0.5) is 4.39 Å². The normalized spacial score (nSPS) is 15.2. The Balaban J connectivity index is 1.95. The van der Waals surface area contributed by atoms with Crippen LogP contribution in [0.25, 0.3) is 0 Å². The second-order valence-electron chi connectivity index (χ2n) is 7.59. The molecular formula is C22H28FNO4S. The second kappa shape index (κ2) is 9.13. The van der Waals surface area contributed by atoms with Crippen LogP contribution >= 0.6 is 0 Å². The SMILES string of the molecule is COc1ccc(CN(C2CCCC2)S(=O)(=O)c2ccc(F)cc2)cc1OC(C)C. The van der Waals surface area contributed by atoms with Crippen LogP contribution in [0.1, 0.15) is 45.1 Å². The Bertz CT molecular complexity index is 922. The van der Waals surface area contributed by atoms with Gasteiger partial charge in [0.1, 0.15) is 5.82 Å². The molecule has 0 heterocycles. The molecule has 1 saturated carbocycles. The summed E-state index contributed by atoms with van der Waals surface area (Å²) >= 11 is 0. The monoisotopic (exact) mass is 421 g/mol. The first kappa shape index (κ1) is 21.6. The lowest BCUT2D eigenvalue weighted by atomic mass is 10.1. The minimum atomic E-state index is -3.76. The number of sulfonamides is 1. The summed E-state index contributed by atoms with van der Waals surface area (Å²) < 4.78 is 52.8. The highest BCUT2D eigenvalue weighted by molar-refractivity contribution is 7.89. The quantitative estimate of drug-likeness (QED) is 0.617. The van der Waals surface area contributed by atoms with E-state index in [0.717, 1.165) is 31.2 Å². The molecule has 158 valence electrons. The lowest BCUT2D eigenvalue weighted by molar-refractivity contribution is 0.229. The average Bonchev–Trinajstić information content (AvgIpc) is 3.20. The van der Waals surface area contributed by atoms with Gasteiger partial charge in [0, 0.05) is 12.6 Å². The van der Waals surface area contributed by atoms with Gasteiger partial charge in [-0.1, -0.05) is 18.9 Å². The maximum atomic E-state index is 13.4. The Morgan fingerprint density at radius 1 is 1.07 bits per heavy atom. The summed E-state index contributed by atoms with van der Waals surface area (Å²) in [6, 6.07) is 10.4. The Hall–Kier alpha value is -2.12. The van der Waals surface area contributed by atoms with Crippen molar-refractivity contribution in [1.82, 2.24) is 4.31 Å². The maximum absolute atomic E-state index is 13.4. The summed E-state index contributed by atoms with van der Waals surface area (Å²) in [7, 11) is -2.18. The van der Waals surface area contributed by atoms with E-state index in [0.29, 0.717) is 11.5 Å². The molecule has 2 aromatic rings. The third-order valence-electron chi connectivity index (χ3n) is 5.08. The van der Waals surface area contributed by atoms with Gasteiger partial charge in [0.05, 0.1) is 18.1 Å². The van der Waals surface area contributed by atoms with Crippen molar-refractivity contribution in [2.24, 2.45) is 0 Å². The predicted octanol–water partition coefficient (Wildman–Crippen LogP) is 4.76. The molecule has 0 bridgehead atoms. The molecule has 0 saturated heterocycles. The smallest absolute Gasteiger partial charge is 0.243 e. The lowest BCUT2D eigenvalue weighted by Crippen LogP contribution is -2.38. The number of ether oxygens (including phenoxy) is 2. The van der Waals surface area contributed by atoms with Crippen LogP contribution in [-0.4, -0.2) is 32.0 Å². The van der Waals surface area contributed by atoms with Crippen LogP contribution in [0.15, 0.2) is 47.4 Å². The zero-order valence-electron chi connectivity index (χ0n) is 17.1. The summed E-state index contributed by atoms with van der Waals surface area (Å²) in [5.41, 5.74) is 0.819. The Labute approximate surface area is 172 Å². The molecule has 3 rings (SSSR count). The number of rotatable bonds is 8. The fourth-order valence-corrected chi connectivity index (χ4v) is 5.36. The zero-order chi connectivity index (χ0) is 21.0. The molecule has 0 radical (unpaired) electrons. The molecule has 1 aliphatic rings. The summed E-state index contributed by atoms with van der Waals surface area (Å²) in [5.74, 6) is 0.740. The Kier molecular flexibility index (Phi) is 6.80. The van der Waals surface area contributed by atoms with E-state index in [2.05, 4.69) is 0 Å². The van der Waals surface area contributed by atoms with E-state index in [1.54, 1.807) is 17.5 Å². The predicted molar refractivity (Wildman–Crippen MR) is 110 cm³/mol. The molecule has 0 aromatic heterocycles. The number of halogens is 1. The zero-order valence-corrected chi connectivity index (χ0v) is 17.9. The first-order valence-electron chi connectivity index (χ1n) is 9.92. The largest absolute Gasteiger partial charge is 0.493 e. The van der Waals surface area contributed by atoms with Crippen molar-refractivity contribution in [2.45, 2.75) is 63.1 Å². The first-order chi connectivity index (χ1) is 13.8. The second-order valence-corrected chi connectivity index (χ2v) is 9.48. The summed E-state index contributed by atoms with van der Waals surface area (Å²) in [5, 5.41) is 0. The minimum Gasteiger partial charge on any atom is -0.493 e. The highest BCUT2D eigenvalue weighted by Crippen LogP contribution is 2.33. The summed E-state index contributed by atoms with van der Waals surface area (Å²) in [6.45, 7) is 4.08. The van der Waals surface area contributed by atoms with Crippen molar-refractivity contribution in [3.8, 4) is 11.5 Å². The van der Waals surface area contributed by atoms with Crippen molar-refractivity contribution >= 4 is 10.0 Å². The van der Waals surface area contributed by atoms with E-state index in [1.807, 2.05) is 26.0 Å². The molecule has 0 unspecified atom stereocenters. The molecular weight excluding hydrogens is 393 g/mol. The third-order valence-corrected chi connectivity index (χ3v) is 6.99. The number of nitrogens with zero attached hydrogens (tertiary/aromatic N) is 1. The van der Waals surface area contributed by atoms with Gasteiger partial charge in [-0.05, 0) is 68.7 Å². The van der Waals surface area contributed by atoms with Crippen LogP contribution in [0, 0.1) is 5.82 Å². The van der Waals surface area contributed by atoms with Gasteiger partial charge in [-0.2, -0.15) is 4.31 Å². The van der Waals surface area contributed by atoms with Crippen LogP contribution in [0.5, 0.6) is 11.5 Å². The van der Waals surface area contributed by atoms with Crippen molar-refractivity contribution < 1.29 is 22.3 Å². The molecule has 1 fully saturated rings. The van der Waals surface area contributed by atoms with Crippen LogP contribution in [0.2, 0.25) is 0 Å². The minimum absolute atomic E-state index is 0.0342. The van der Waals surface area contributed by atoms with Crippen LogP contribution < -0.4 is 9.47 Å². The molecule has 7 heteroatoms. The highest BCUT2D eigenvalue weighted by atomic mass is 32.2. The summed E-state index contributed by atoms with van der Waals surface area (Å²) in [4.78, 5) is 0.109. The van der Waals surface area contributed by atoms with Gasteiger partial charge in [0.2, 0.25) is 10.0 Å². The highest BCUT2D eigenvalue weighted by Gasteiger charge is 2.33. The lowest BCUT2D eigenvalue weighted by Gasteiger charge is -2.28. The van der Waals surface area contributed by atoms with E-state index in [1.165, 1.54) is 24.3 Å². The van der Waals surface area contributed by atoms with Gasteiger partial charge in [-0.25, -0.2) is 12.8 Å². The van der Waals surface area contributed by atoms with Crippen molar-refractivity contribution in [3.05, 3.63) is 53.8 Å². The summed E-state index contributed by atoms with van der Waals surface area (Å²) in [6.07, 6.45) is 3.63. The average molecular weight is 422 g/mol. The number of benzene rings is 2. The standard InChI is InChI=1S/C22H28FNO4S/c1-16(2)28-22-14-17(8-13-21(22)27-3)15-24(19-6-4-5-7-19)29(25,26)20-11-9-18(23)10-12-20/h8-14,16,19H,4-7,15H2,1-3H3. The van der Waals surface area contributed by atoms with E-state index < -0.39 is 15.8 Å². The molecule has 5 nitrogen and oxygen atoms in total. The van der Waals surface area contributed by atoms with Crippen LogP contribution in [-0.2, 0) is 16.6 Å². The first-order valence-corrected chi connectivity index (χ1v) is 11.4.